The maximum atomic E-state index is 13.6. The summed E-state index contributed by atoms with van der Waals surface area (Å²) in [6, 6.07) is 10.1. The van der Waals surface area contributed by atoms with E-state index in [2.05, 4.69) is 20.9 Å². The van der Waals surface area contributed by atoms with Gasteiger partial charge >= 0.3 is 0 Å². The minimum atomic E-state index is -0.253. The Hall–Kier alpha value is -1.42. The molecule has 4 heteroatoms. The van der Waals surface area contributed by atoms with Crippen LogP contribution in [-0.2, 0) is 5.33 Å². The third-order valence-electron chi connectivity index (χ3n) is 2.29. The van der Waals surface area contributed by atoms with Crippen LogP contribution in [0.3, 0.4) is 0 Å². The van der Waals surface area contributed by atoms with Crippen LogP contribution >= 0.6 is 15.9 Å². The molecule has 2 rings (SSSR count). The quantitative estimate of drug-likeness (QED) is 0.857. The standard InChI is InChI=1S/C12H10BrFN2/c13-7-11-9(5-6-12(15)16-11)8-3-1-2-4-10(8)14/h1-6H,7H2,(H2,15,16). The number of nitrogen functional groups attached to an aromatic ring is 1. The molecule has 1 aromatic carbocycles. The van der Waals surface area contributed by atoms with Crippen LogP contribution in [0.5, 0.6) is 0 Å². The van der Waals surface area contributed by atoms with Crippen molar-refractivity contribution in [1.29, 1.82) is 0 Å². The molecule has 0 unspecified atom stereocenters. The van der Waals surface area contributed by atoms with Crippen LogP contribution in [0.1, 0.15) is 5.69 Å². The summed E-state index contributed by atoms with van der Waals surface area (Å²) >= 11 is 3.32. The molecule has 2 nitrogen and oxygen atoms in total. The maximum Gasteiger partial charge on any atom is 0.131 e. The predicted molar refractivity (Wildman–Crippen MR) is 66.7 cm³/mol. The van der Waals surface area contributed by atoms with E-state index >= 15 is 0 Å². The summed E-state index contributed by atoms with van der Waals surface area (Å²) in [7, 11) is 0. The van der Waals surface area contributed by atoms with Crippen LogP contribution in [0.4, 0.5) is 10.2 Å². The third-order valence-corrected chi connectivity index (χ3v) is 2.82. The number of halogens is 2. The average Bonchev–Trinajstić information content (AvgIpc) is 2.30. The maximum absolute atomic E-state index is 13.6. The number of aromatic nitrogens is 1. The van der Waals surface area contributed by atoms with E-state index in [0.717, 1.165) is 11.3 Å². The van der Waals surface area contributed by atoms with Gasteiger partial charge in [0.25, 0.3) is 0 Å². The smallest absolute Gasteiger partial charge is 0.131 e. The summed E-state index contributed by atoms with van der Waals surface area (Å²) in [4.78, 5) is 4.17. The lowest BCUT2D eigenvalue weighted by Gasteiger charge is -2.08. The molecule has 0 aliphatic heterocycles. The van der Waals surface area contributed by atoms with Crippen molar-refractivity contribution < 1.29 is 4.39 Å². The number of nitrogens with zero attached hydrogens (tertiary/aromatic N) is 1. The highest BCUT2D eigenvalue weighted by atomic mass is 79.9. The van der Waals surface area contributed by atoms with Crippen molar-refractivity contribution in [2.45, 2.75) is 5.33 Å². The predicted octanol–water partition coefficient (Wildman–Crippen LogP) is 3.36. The van der Waals surface area contributed by atoms with E-state index in [1.54, 1.807) is 30.3 Å². The van der Waals surface area contributed by atoms with Gasteiger partial charge in [-0.25, -0.2) is 9.37 Å². The molecule has 0 amide bonds. The van der Waals surface area contributed by atoms with Gasteiger partial charge in [-0.3, -0.25) is 0 Å². The molecule has 0 spiro atoms. The fourth-order valence-corrected chi connectivity index (χ4v) is 1.97. The van der Waals surface area contributed by atoms with Gasteiger partial charge in [-0.1, -0.05) is 34.1 Å². The van der Waals surface area contributed by atoms with Gasteiger partial charge in [0.15, 0.2) is 0 Å². The van der Waals surface area contributed by atoms with Gasteiger partial charge in [-0.05, 0) is 18.2 Å². The molecule has 1 aromatic heterocycles. The zero-order valence-corrected chi connectivity index (χ0v) is 10.0. The molecule has 2 N–H and O–H groups in total. The Bertz CT molecular complexity index is 514. The summed E-state index contributed by atoms with van der Waals surface area (Å²) in [6.45, 7) is 0. The molecular weight excluding hydrogens is 271 g/mol. The van der Waals surface area contributed by atoms with E-state index in [0.29, 0.717) is 16.7 Å². The molecule has 1 heterocycles. The number of anilines is 1. The second-order valence-electron chi connectivity index (χ2n) is 3.34. The van der Waals surface area contributed by atoms with Gasteiger partial charge in [0, 0.05) is 16.5 Å². The highest BCUT2D eigenvalue weighted by Gasteiger charge is 2.09. The van der Waals surface area contributed by atoms with Crippen LogP contribution in [0, 0.1) is 5.82 Å². The minimum Gasteiger partial charge on any atom is -0.384 e. The number of pyridine rings is 1. The summed E-state index contributed by atoms with van der Waals surface area (Å²) in [5.41, 5.74) is 7.65. The Morgan fingerprint density at radius 1 is 1.12 bits per heavy atom. The van der Waals surface area contributed by atoms with Crippen LogP contribution in [0.2, 0.25) is 0 Å². The van der Waals surface area contributed by atoms with Crippen molar-refractivity contribution in [2.24, 2.45) is 0 Å². The second-order valence-corrected chi connectivity index (χ2v) is 3.90. The van der Waals surface area contributed by atoms with Crippen molar-refractivity contribution in [2.75, 3.05) is 5.73 Å². The molecule has 0 aliphatic rings. The number of rotatable bonds is 2. The van der Waals surface area contributed by atoms with E-state index in [1.807, 2.05) is 0 Å². The molecule has 2 aromatic rings. The molecule has 0 atom stereocenters. The van der Waals surface area contributed by atoms with E-state index in [-0.39, 0.29) is 5.82 Å². The molecule has 16 heavy (non-hydrogen) atoms. The average molecular weight is 281 g/mol. The number of hydrogen-bond donors (Lipinski definition) is 1. The summed E-state index contributed by atoms with van der Waals surface area (Å²) in [6.07, 6.45) is 0. The molecule has 82 valence electrons. The van der Waals surface area contributed by atoms with Crippen LogP contribution in [0.15, 0.2) is 36.4 Å². The number of benzene rings is 1. The van der Waals surface area contributed by atoms with Gasteiger partial charge in [-0.2, -0.15) is 0 Å². The van der Waals surface area contributed by atoms with Gasteiger partial charge in [0.05, 0.1) is 5.69 Å². The Labute approximate surface area is 101 Å². The Balaban J connectivity index is 2.60. The van der Waals surface area contributed by atoms with Gasteiger partial charge < -0.3 is 5.73 Å². The molecular formula is C12H10BrFN2. The molecule has 0 fully saturated rings. The molecule has 0 radical (unpaired) electrons. The van der Waals surface area contributed by atoms with Gasteiger partial charge in [0.1, 0.15) is 11.6 Å². The lowest BCUT2D eigenvalue weighted by Crippen LogP contribution is -1.97. The normalized spacial score (nSPS) is 10.4. The Kier molecular flexibility index (Phi) is 3.19. The van der Waals surface area contributed by atoms with Crippen molar-refractivity contribution >= 4 is 21.7 Å². The summed E-state index contributed by atoms with van der Waals surface area (Å²) in [5, 5.41) is 0.543. The van der Waals surface area contributed by atoms with E-state index in [4.69, 9.17) is 5.73 Å². The van der Waals surface area contributed by atoms with Crippen LogP contribution in [0.25, 0.3) is 11.1 Å². The minimum absolute atomic E-state index is 0.253. The van der Waals surface area contributed by atoms with Crippen molar-refractivity contribution in [1.82, 2.24) is 4.98 Å². The second kappa shape index (κ2) is 4.61. The zero-order chi connectivity index (χ0) is 11.5. The molecule has 0 aliphatic carbocycles. The first-order chi connectivity index (χ1) is 7.72. The first-order valence-corrected chi connectivity index (χ1v) is 5.91. The van der Waals surface area contributed by atoms with Crippen LogP contribution in [-0.4, -0.2) is 4.98 Å². The fourth-order valence-electron chi connectivity index (χ4n) is 1.54. The van der Waals surface area contributed by atoms with E-state index < -0.39 is 0 Å². The number of alkyl halides is 1. The van der Waals surface area contributed by atoms with Gasteiger partial charge in [-0.15, -0.1) is 0 Å². The lowest BCUT2D eigenvalue weighted by molar-refractivity contribution is 0.631. The zero-order valence-electron chi connectivity index (χ0n) is 8.45. The highest BCUT2D eigenvalue weighted by Crippen LogP contribution is 2.27. The number of nitrogens with two attached hydrogens (primary N) is 1. The van der Waals surface area contributed by atoms with Crippen molar-refractivity contribution in [3.63, 3.8) is 0 Å². The SMILES string of the molecule is Nc1ccc(-c2ccccc2F)c(CBr)n1. The fraction of sp³-hybridized carbons (Fsp3) is 0.0833. The van der Waals surface area contributed by atoms with Crippen molar-refractivity contribution in [3.8, 4) is 11.1 Å². The Morgan fingerprint density at radius 3 is 2.56 bits per heavy atom. The summed E-state index contributed by atoms with van der Waals surface area (Å²) in [5.74, 6) is 0.186. The third kappa shape index (κ3) is 2.07. The lowest BCUT2D eigenvalue weighted by atomic mass is 10.0. The topological polar surface area (TPSA) is 38.9 Å². The first kappa shape index (κ1) is 11.1. The number of hydrogen-bond acceptors (Lipinski definition) is 2. The van der Waals surface area contributed by atoms with Crippen molar-refractivity contribution in [3.05, 3.63) is 47.9 Å². The molecule has 0 saturated carbocycles. The van der Waals surface area contributed by atoms with Gasteiger partial charge in [0.2, 0.25) is 0 Å². The van der Waals surface area contributed by atoms with E-state index in [9.17, 15) is 4.39 Å². The molecule has 0 saturated heterocycles. The molecule has 0 bridgehead atoms. The summed E-state index contributed by atoms with van der Waals surface area (Å²) < 4.78 is 13.6. The Morgan fingerprint density at radius 2 is 1.88 bits per heavy atom. The largest absolute Gasteiger partial charge is 0.384 e. The highest BCUT2D eigenvalue weighted by molar-refractivity contribution is 9.08. The monoisotopic (exact) mass is 280 g/mol. The first-order valence-electron chi connectivity index (χ1n) is 4.78. The van der Waals surface area contributed by atoms with E-state index in [1.165, 1.54) is 6.07 Å². The van der Waals surface area contributed by atoms with Crippen LogP contribution < -0.4 is 5.73 Å².